The van der Waals surface area contributed by atoms with Crippen LogP contribution in [-0.2, 0) is 43.4 Å². The Hall–Kier alpha value is -2.30. The van der Waals surface area contributed by atoms with E-state index in [0.717, 1.165) is 13.8 Å². The molecular formula is C20H30O10. The largest absolute Gasteiger partial charge is 0.342 e. The predicted molar refractivity (Wildman–Crippen MR) is 102 cm³/mol. The number of aldehydes is 1. The average molecular weight is 430 g/mol. The van der Waals surface area contributed by atoms with Crippen LogP contribution in [0.1, 0.15) is 67.2 Å². The Labute approximate surface area is 175 Å². The number of rotatable bonds is 15. The zero-order chi connectivity index (χ0) is 23.7. The summed E-state index contributed by atoms with van der Waals surface area (Å²) in [7, 11) is 0. The van der Waals surface area contributed by atoms with Gasteiger partial charge in [0.25, 0.3) is 0 Å². The molecule has 170 valence electrons. The summed E-state index contributed by atoms with van der Waals surface area (Å²) in [5, 5.41) is 9.08. The first-order chi connectivity index (χ1) is 13.7. The lowest BCUT2D eigenvalue weighted by atomic mass is 9.83. The van der Waals surface area contributed by atoms with Crippen LogP contribution in [0.25, 0.3) is 0 Å². The van der Waals surface area contributed by atoms with Crippen molar-refractivity contribution >= 4 is 35.4 Å². The number of Topliss-reactive ketones (excluding diaryl/α,β-unsaturated/α-hetero) is 4. The number of ketones is 4. The quantitative estimate of drug-likeness (QED) is 0.176. The van der Waals surface area contributed by atoms with E-state index in [1.54, 1.807) is 0 Å². The van der Waals surface area contributed by atoms with E-state index < -0.39 is 58.6 Å². The van der Waals surface area contributed by atoms with E-state index in [9.17, 15) is 28.8 Å². The standard InChI is InChI=1S/C20H30O10/c1-12(22)16(24)9-14(7-8-21)20(5,6)30-28-18(26)11-15(19(3,4)29-27)10-17(25)13(2)23/h8,14-15,27H,7,9-11H2,1-6H3. The maximum atomic E-state index is 12.3. The summed E-state index contributed by atoms with van der Waals surface area (Å²) in [5.74, 6) is -5.34. The second kappa shape index (κ2) is 11.8. The topological polar surface area (TPSA) is 150 Å². The van der Waals surface area contributed by atoms with Gasteiger partial charge in [0.05, 0.1) is 6.42 Å². The number of hydrogen-bond acceptors (Lipinski definition) is 10. The van der Waals surface area contributed by atoms with E-state index in [4.69, 9.17) is 15.0 Å². The molecule has 30 heavy (non-hydrogen) atoms. The van der Waals surface area contributed by atoms with Crippen molar-refractivity contribution in [2.24, 2.45) is 11.8 Å². The second-order valence-corrected chi connectivity index (χ2v) is 8.20. The van der Waals surface area contributed by atoms with E-state index in [1.807, 2.05) is 0 Å². The average Bonchev–Trinajstić information content (AvgIpc) is 2.65. The molecule has 0 saturated carbocycles. The third kappa shape index (κ3) is 9.02. The number of carbonyl (C=O) groups excluding carboxylic acids is 6. The van der Waals surface area contributed by atoms with Gasteiger partial charge in [0, 0.05) is 44.9 Å². The first-order valence-corrected chi connectivity index (χ1v) is 9.40. The van der Waals surface area contributed by atoms with Crippen molar-refractivity contribution < 1.29 is 48.7 Å². The fourth-order valence-corrected chi connectivity index (χ4v) is 2.56. The van der Waals surface area contributed by atoms with Crippen LogP contribution in [0.4, 0.5) is 0 Å². The zero-order valence-corrected chi connectivity index (χ0v) is 18.2. The van der Waals surface area contributed by atoms with Gasteiger partial charge < -0.3 is 4.79 Å². The van der Waals surface area contributed by atoms with Gasteiger partial charge in [-0.25, -0.2) is 9.68 Å². The predicted octanol–water partition coefficient (Wildman–Crippen LogP) is 1.82. The van der Waals surface area contributed by atoms with Gasteiger partial charge >= 0.3 is 5.97 Å². The smallest absolute Gasteiger partial charge is 0.303 e. The molecule has 0 radical (unpaired) electrons. The van der Waals surface area contributed by atoms with Gasteiger partial charge in [-0.3, -0.25) is 29.3 Å². The SMILES string of the molecule is CC(=O)C(=O)CC(CC(=O)OOC(C)(C)C(CC=O)CC(=O)C(C)=O)C(C)(C)OO. The Balaban J connectivity index is 5.19. The molecule has 0 amide bonds. The third-order valence-corrected chi connectivity index (χ3v) is 4.99. The van der Waals surface area contributed by atoms with Gasteiger partial charge in [0.15, 0.2) is 23.1 Å². The highest BCUT2D eigenvalue weighted by molar-refractivity contribution is 6.36. The van der Waals surface area contributed by atoms with Crippen LogP contribution < -0.4 is 0 Å². The normalized spacial score (nSPS) is 13.8. The molecule has 0 aliphatic carbocycles. The van der Waals surface area contributed by atoms with Crippen LogP contribution >= 0.6 is 0 Å². The van der Waals surface area contributed by atoms with E-state index in [0.29, 0.717) is 6.29 Å². The Kier molecular flexibility index (Phi) is 10.9. The van der Waals surface area contributed by atoms with Crippen molar-refractivity contribution in [1.82, 2.24) is 0 Å². The molecule has 0 bridgehead atoms. The van der Waals surface area contributed by atoms with Crippen molar-refractivity contribution in [1.29, 1.82) is 0 Å². The lowest BCUT2D eigenvalue weighted by Crippen LogP contribution is -2.40. The van der Waals surface area contributed by atoms with Crippen molar-refractivity contribution in [3.8, 4) is 0 Å². The van der Waals surface area contributed by atoms with Crippen molar-refractivity contribution in [3.05, 3.63) is 0 Å². The van der Waals surface area contributed by atoms with Crippen LogP contribution in [0.2, 0.25) is 0 Å². The molecule has 0 aromatic rings. The minimum atomic E-state index is -1.34. The molecule has 0 saturated heterocycles. The first kappa shape index (κ1) is 27.7. The Bertz CT molecular complexity index is 677. The Morgan fingerprint density at radius 3 is 1.70 bits per heavy atom. The van der Waals surface area contributed by atoms with E-state index >= 15 is 0 Å². The highest BCUT2D eigenvalue weighted by atomic mass is 17.2. The lowest BCUT2D eigenvalue weighted by Gasteiger charge is -2.32. The molecule has 2 unspecified atom stereocenters. The van der Waals surface area contributed by atoms with Gasteiger partial charge in [-0.05, 0) is 27.7 Å². The Morgan fingerprint density at radius 2 is 1.30 bits per heavy atom. The molecule has 10 nitrogen and oxygen atoms in total. The molecule has 0 rings (SSSR count). The van der Waals surface area contributed by atoms with E-state index in [2.05, 4.69) is 4.89 Å². The van der Waals surface area contributed by atoms with E-state index in [1.165, 1.54) is 27.7 Å². The molecule has 0 heterocycles. The summed E-state index contributed by atoms with van der Waals surface area (Å²) < 4.78 is 0. The lowest BCUT2D eigenvalue weighted by molar-refractivity contribution is -0.342. The molecule has 0 spiro atoms. The van der Waals surface area contributed by atoms with Crippen molar-refractivity contribution in [2.75, 3.05) is 0 Å². The van der Waals surface area contributed by atoms with Crippen LogP contribution in [0.3, 0.4) is 0 Å². The summed E-state index contributed by atoms with van der Waals surface area (Å²) in [6.45, 7) is 8.03. The summed E-state index contributed by atoms with van der Waals surface area (Å²) in [5.41, 5.74) is -2.62. The minimum absolute atomic E-state index is 0.106. The molecular weight excluding hydrogens is 400 g/mol. The second-order valence-electron chi connectivity index (χ2n) is 8.20. The van der Waals surface area contributed by atoms with Crippen molar-refractivity contribution in [3.63, 3.8) is 0 Å². The maximum absolute atomic E-state index is 12.3. The van der Waals surface area contributed by atoms with Crippen LogP contribution in [-0.4, -0.2) is 51.8 Å². The molecule has 1 N–H and O–H groups in total. The molecule has 0 aromatic heterocycles. The first-order valence-electron chi connectivity index (χ1n) is 9.40. The van der Waals surface area contributed by atoms with Crippen molar-refractivity contribution in [2.45, 2.75) is 78.4 Å². The number of carbonyl (C=O) groups is 6. The maximum Gasteiger partial charge on any atom is 0.342 e. The van der Waals surface area contributed by atoms with Crippen LogP contribution in [0.5, 0.6) is 0 Å². The molecule has 0 aromatic carbocycles. The zero-order valence-electron chi connectivity index (χ0n) is 18.2. The fourth-order valence-electron chi connectivity index (χ4n) is 2.56. The highest BCUT2D eigenvalue weighted by Crippen LogP contribution is 2.30. The Morgan fingerprint density at radius 1 is 0.833 bits per heavy atom. The summed E-state index contributed by atoms with van der Waals surface area (Å²) in [6, 6.07) is 0. The third-order valence-electron chi connectivity index (χ3n) is 4.99. The van der Waals surface area contributed by atoms with E-state index in [-0.39, 0.29) is 19.3 Å². The molecule has 2 atom stereocenters. The monoisotopic (exact) mass is 430 g/mol. The van der Waals surface area contributed by atoms with Gasteiger partial charge in [0.2, 0.25) is 0 Å². The minimum Gasteiger partial charge on any atom is -0.303 e. The molecule has 10 heteroatoms. The molecule has 0 fully saturated rings. The van der Waals surface area contributed by atoms with Crippen LogP contribution in [0, 0.1) is 11.8 Å². The van der Waals surface area contributed by atoms with Crippen LogP contribution in [0.15, 0.2) is 0 Å². The fraction of sp³-hybridized carbons (Fsp3) is 0.700. The number of hydrogen-bond donors (Lipinski definition) is 1. The molecule has 0 aliphatic rings. The molecule has 0 aliphatic heterocycles. The summed E-state index contributed by atoms with van der Waals surface area (Å²) >= 11 is 0. The van der Waals surface area contributed by atoms with Gasteiger partial charge in [-0.1, -0.05) is 0 Å². The van der Waals surface area contributed by atoms with Gasteiger partial charge in [-0.2, -0.15) is 4.89 Å². The highest BCUT2D eigenvalue weighted by Gasteiger charge is 2.38. The van der Waals surface area contributed by atoms with Gasteiger partial charge in [-0.15, -0.1) is 0 Å². The summed E-state index contributed by atoms with van der Waals surface area (Å²) in [4.78, 5) is 83.4. The van der Waals surface area contributed by atoms with Gasteiger partial charge in [0.1, 0.15) is 17.5 Å². The summed E-state index contributed by atoms with van der Waals surface area (Å²) in [6.07, 6.45) is -0.588.